The normalized spacial score (nSPS) is 30.7. The van der Waals surface area contributed by atoms with Crippen molar-refractivity contribution in [3.63, 3.8) is 0 Å². The zero-order valence-electron chi connectivity index (χ0n) is 18.9. The molecule has 1 aliphatic carbocycles. The van der Waals surface area contributed by atoms with E-state index in [9.17, 15) is 9.90 Å². The average Bonchev–Trinajstić information content (AvgIpc) is 3.08. The van der Waals surface area contributed by atoms with Crippen molar-refractivity contribution in [2.75, 3.05) is 6.54 Å². The maximum atomic E-state index is 13.7. The van der Waals surface area contributed by atoms with Crippen LogP contribution in [0.2, 0.25) is 0 Å². The number of phenolic OH excluding ortho intramolecular Hbond substituents is 1. The van der Waals surface area contributed by atoms with Crippen LogP contribution in [0.5, 0.6) is 5.75 Å². The van der Waals surface area contributed by atoms with E-state index in [1.165, 1.54) is 5.56 Å². The van der Waals surface area contributed by atoms with Crippen LogP contribution in [-0.4, -0.2) is 40.3 Å². The van der Waals surface area contributed by atoms with Gasteiger partial charge in [-0.1, -0.05) is 56.3 Å². The molecule has 1 amide bonds. The summed E-state index contributed by atoms with van der Waals surface area (Å²) in [5, 5.41) is 12.7. The van der Waals surface area contributed by atoms with Crippen LogP contribution in [0.25, 0.3) is 0 Å². The summed E-state index contributed by atoms with van der Waals surface area (Å²) in [5.41, 5.74) is 1.65. The molecular weight excluding hydrogens is 398 g/mol. The van der Waals surface area contributed by atoms with Crippen molar-refractivity contribution in [2.45, 2.75) is 51.4 Å². The summed E-state index contributed by atoms with van der Waals surface area (Å²) >= 11 is 0. The van der Waals surface area contributed by atoms with Gasteiger partial charge in [0.05, 0.1) is 0 Å². The first-order valence-corrected chi connectivity index (χ1v) is 11.9. The fraction of sp³-hybridized carbons (Fsp3) is 0.481. The molecule has 2 aromatic rings. The highest BCUT2D eigenvalue weighted by atomic mass is 16.3. The van der Waals surface area contributed by atoms with Crippen molar-refractivity contribution in [1.29, 1.82) is 0 Å². The Kier molecular flexibility index (Phi) is 5.54. The van der Waals surface area contributed by atoms with Gasteiger partial charge in [0.25, 0.3) is 0 Å². The molecule has 0 aromatic heterocycles. The number of phenols is 1. The van der Waals surface area contributed by atoms with E-state index in [0.29, 0.717) is 30.3 Å². The SMILES string of the molecule is CC(C)CC1C2C3C=NC1(C(=O)NCc1ccc(O)cc1)CC3CN2Cc1ccccc1. The molecule has 6 rings (SSSR count). The Morgan fingerprint density at radius 1 is 1.16 bits per heavy atom. The molecule has 5 atom stereocenters. The predicted molar refractivity (Wildman–Crippen MR) is 126 cm³/mol. The van der Waals surface area contributed by atoms with Crippen LogP contribution >= 0.6 is 0 Å². The molecule has 168 valence electrons. The monoisotopic (exact) mass is 431 g/mol. The van der Waals surface area contributed by atoms with Crippen LogP contribution in [0.4, 0.5) is 0 Å². The van der Waals surface area contributed by atoms with E-state index in [2.05, 4.69) is 60.6 Å². The lowest BCUT2D eigenvalue weighted by atomic mass is 9.59. The zero-order chi connectivity index (χ0) is 22.3. The van der Waals surface area contributed by atoms with Gasteiger partial charge in [0, 0.05) is 43.7 Å². The number of likely N-dealkylation sites (tertiary alicyclic amines) is 1. The molecule has 4 bridgehead atoms. The molecule has 0 spiro atoms. The smallest absolute Gasteiger partial charge is 0.248 e. The topological polar surface area (TPSA) is 64.9 Å². The van der Waals surface area contributed by atoms with Crippen LogP contribution in [-0.2, 0) is 17.9 Å². The molecule has 2 aromatic carbocycles. The van der Waals surface area contributed by atoms with Gasteiger partial charge in [-0.25, -0.2) is 0 Å². The number of carbonyl (C=O) groups is 1. The molecule has 5 heteroatoms. The minimum atomic E-state index is -0.670. The summed E-state index contributed by atoms with van der Waals surface area (Å²) in [7, 11) is 0. The summed E-state index contributed by atoms with van der Waals surface area (Å²) in [5.74, 6) is 1.97. The molecule has 4 aliphatic rings. The largest absolute Gasteiger partial charge is 0.508 e. The first-order valence-electron chi connectivity index (χ1n) is 11.9. The number of amides is 1. The van der Waals surface area contributed by atoms with Crippen LogP contribution in [0, 0.1) is 23.7 Å². The van der Waals surface area contributed by atoms with E-state index in [0.717, 1.165) is 31.5 Å². The van der Waals surface area contributed by atoms with Crippen molar-refractivity contribution >= 4 is 12.1 Å². The van der Waals surface area contributed by atoms with Gasteiger partial charge < -0.3 is 10.4 Å². The van der Waals surface area contributed by atoms with Gasteiger partial charge in [-0.15, -0.1) is 0 Å². The molecule has 3 aliphatic heterocycles. The molecule has 3 heterocycles. The summed E-state index contributed by atoms with van der Waals surface area (Å²) in [6.07, 6.45) is 3.96. The van der Waals surface area contributed by atoms with Crippen molar-refractivity contribution in [3.05, 3.63) is 65.7 Å². The molecular formula is C27H33N3O2. The van der Waals surface area contributed by atoms with Crippen molar-refractivity contribution in [2.24, 2.45) is 28.7 Å². The minimum Gasteiger partial charge on any atom is -0.508 e. The first-order chi connectivity index (χ1) is 15.5. The lowest BCUT2D eigenvalue weighted by molar-refractivity contribution is -0.132. The Hall–Kier alpha value is -2.66. The third kappa shape index (κ3) is 3.73. The molecule has 1 saturated heterocycles. The lowest BCUT2D eigenvalue weighted by Gasteiger charge is -2.51. The quantitative estimate of drug-likeness (QED) is 0.696. The van der Waals surface area contributed by atoms with Crippen LogP contribution < -0.4 is 5.32 Å². The van der Waals surface area contributed by atoms with Gasteiger partial charge in [-0.2, -0.15) is 0 Å². The average molecular weight is 432 g/mol. The van der Waals surface area contributed by atoms with Gasteiger partial charge >= 0.3 is 0 Å². The molecule has 5 nitrogen and oxygen atoms in total. The number of carbonyl (C=O) groups excluding carboxylic acids is 1. The number of aromatic hydroxyl groups is 1. The fourth-order valence-electron chi connectivity index (χ4n) is 6.30. The van der Waals surface area contributed by atoms with E-state index in [1.54, 1.807) is 12.1 Å². The van der Waals surface area contributed by atoms with Gasteiger partial charge in [-0.05, 0) is 47.9 Å². The number of nitrogens with one attached hydrogen (secondary N) is 1. The Bertz CT molecular complexity index is 988. The summed E-state index contributed by atoms with van der Waals surface area (Å²) < 4.78 is 0. The van der Waals surface area contributed by atoms with Gasteiger partial charge in [0.1, 0.15) is 11.3 Å². The van der Waals surface area contributed by atoms with Crippen molar-refractivity contribution in [3.8, 4) is 5.75 Å². The second kappa shape index (κ2) is 8.36. The zero-order valence-corrected chi connectivity index (χ0v) is 18.9. The van der Waals surface area contributed by atoms with Crippen LogP contribution in [0.15, 0.2) is 59.6 Å². The Labute approximate surface area is 190 Å². The van der Waals surface area contributed by atoms with Gasteiger partial charge in [0.2, 0.25) is 5.91 Å². The summed E-state index contributed by atoms with van der Waals surface area (Å²) in [6, 6.07) is 18.1. The molecule has 2 fully saturated rings. The predicted octanol–water partition coefficient (Wildman–Crippen LogP) is 4.01. The molecule has 2 N–H and O–H groups in total. The number of rotatable bonds is 7. The molecule has 32 heavy (non-hydrogen) atoms. The first kappa shape index (κ1) is 21.2. The Morgan fingerprint density at radius 3 is 2.62 bits per heavy atom. The Balaban J connectivity index is 1.40. The number of nitrogens with zero attached hydrogens (tertiary/aromatic N) is 2. The standard InChI is InChI=1S/C27H33N3O2/c1-18(2)12-24-25-23-15-29-27(24,26(32)28-14-19-8-10-22(31)11-9-19)13-21(23)17-30(25)16-20-6-4-3-5-7-20/h3-11,15,18,21,23-25,31H,12-14,16-17H2,1-2H3,(H,28,32). The third-order valence-electron chi connectivity index (χ3n) is 7.64. The summed E-state index contributed by atoms with van der Waals surface area (Å²) in [4.78, 5) is 21.3. The highest BCUT2D eigenvalue weighted by Gasteiger charge is 2.63. The number of hydrogen-bond acceptors (Lipinski definition) is 4. The maximum Gasteiger partial charge on any atom is 0.248 e. The van der Waals surface area contributed by atoms with Gasteiger partial charge in [-0.3, -0.25) is 14.7 Å². The number of aliphatic imine (C=N–C) groups is 1. The fourth-order valence-corrected chi connectivity index (χ4v) is 6.30. The van der Waals surface area contributed by atoms with E-state index < -0.39 is 5.54 Å². The highest BCUT2D eigenvalue weighted by molar-refractivity contribution is 5.91. The van der Waals surface area contributed by atoms with Crippen LogP contribution in [0.3, 0.4) is 0 Å². The number of hydrogen-bond donors (Lipinski definition) is 2. The van der Waals surface area contributed by atoms with E-state index in [4.69, 9.17) is 4.99 Å². The molecule has 0 radical (unpaired) electrons. The molecule has 1 saturated carbocycles. The second-order valence-corrected chi connectivity index (χ2v) is 10.2. The third-order valence-corrected chi connectivity index (χ3v) is 7.64. The highest BCUT2D eigenvalue weighted by Crippen LogP contribution is 2.54. The maximum absolute atomic E-state index is 13.7. The van der Waals surface area contributed by atoms with Gasteiger partial charge in [0.15, 0.2) is 0 Å². The summed E-state index contributed by atoms with van der Waals surface area (Å²) in [6.45, 7) is 6.94. The van der Waals surface area contributed by atoms with E-state index >= 15 is 0 Å². The number of benzene rings is 2. The Morgan fingerprint density at radius 2 is 1.91 bits per heavy atom. The minimum absolute atomic E-state index is 0.0576. The van der Waals surface area contributed by atoms with E-state index in [-0.39, 0.29) is 17.6 Å². The van der Waals surface area contributed by atoms with Crippen molar-refractivity contribution in [1.82, 2.24) is 10.2 Å². The van der Waals surface area contributed by atoms with Crippen LogP contribution in [0.1, 0.15) is 37.8 Å². The lowest BCUT2D eigenvalue weighted by Crippen LogP contribution is -2.63. The second-order valence-electron chi connectivity index (χ2n) is 10.2. The van der Waals surface area contributed by atoms with E-state index in [1.807, 2.05) is 12.1 Å². The molecule has 5 unspecified atom stereocenters. The van der Waals surface area contributed by atoms with Crippen molar-refractivity contribution < 1.29 is 9.90 Å².